The van der Waals surface area contributed by atoms with Gasteiger partial charge in [-0.2, -0.15) is 0 Å². The summed E-state index contributed by atoms with van der Waals surface area (Å²) in [6.45, 7) is 4.87. The Hall–Kier alpha value is -2.59. The SMILES string of the molecule is Cc1ccc(-c2[nH]c3ccc(C(=O)O)cc3c2CCCCN)c(C)c1. The molecule has 0 saturated heterocycles. The van der Waals surface area contributed by atoms with E-state index in [2.05, 4.69) is 37.0 Å². The van der Waals surface area contributed by atoms with E-state index < -0.39 is 5.97 Å². The molecule has 4 N–H and O–H groups in total. The molecule has 1 aromatic heterocycles. The maximum Gasteiger partial charge on any atom is 0.335 e. The summed E-state index contributed by atoms with van der Waals surface area (Å²) in [6.07, 6.45) is 2.82. The number of aromatic carboxylic acids is 1. The number of H-pyrrole nitrogens is 1. The van der Waals surface area contributed by atoms with Gasteiger partial charge in [-0.25, -0.2) is 4.79 Å². The lowest BCUT2D eigenvalue weighted by atomic mass is 9.96. The highest BCUT2D eigenvalue weighted by molar-refractivity contribution is 5.97. The number of nitrogens with one attached hydrogen (secondary N) is 1. The zero-order valence-corrected chi connectivity index (χ0v) is 14.7. The van der Waals surface area contributed by atoms with Gasteiger partial charge in [0.25, 0.3) is 0 Å². The Kier molecular flexibility index (Phi) is 4.91. The average molecular weight is 336 g/mol. The van der Waals surface area contributed by atoms with Crippen LogP contribution in [0, 0.1) is 13.8 Å². The summed E-state index contributed by atoms with van der Waals surface area (Å²) < 4.78 is 0. The van der Waals surface area contributed by atoms with Gasteiger partial charge in [-0.3, -0.25) is 0 Å². The summed E-state index contributed by atoms with van der Waals surface area (Å²) >= 11 is 0. The highest BCUT2D eigenvalue weighted by atomic mass is 16.4. The van der Waals surface area contributed by atoms with E-state index in [9.17, 15) is 9.90 Å². The number of fused-ring (bicyclic) bond motifs is 1. The van der Waals surface area contributed by atoms with Crippen molar-refractivity contribution in [3.63, 3.8) is 0 Å². The fraction of sp³-hybridized carbons (Fsp3) is 0.286. The molecule has 4 heteroatoms. The quantitative estimate of drug-likeness (QED) is 0.583. The first-order valence-electron chi connectivity index (χ1n) is 8.67. The van der Waals surface area contributed by atoms with Crippen LogP contribution in [0.5, 0.6) is 0 Å². The minimum atomic E-state index is -0.899. The van der Waals surface area contributed by atoms with Crippen LogP contribution in [0.4, 0.5) is 0 Å². The molecule has 130 valence electrons. The molecule has 3 rings (SSSR count). The molecular formula is C21H24N2O2. The first kappa shape index (κ1) is 17.2. The molecule has 0 radical (unpaired) electrons. The number of carbonyl (C=O) groups is 1. The summed E-state index contributed by atoms with van der Waals surface area (Å²) in [5, 5.41) is 10.3. The standard InChI is InChI=1S/C21H24N2O2/c1-13-6-8-16(14(2)11-13)20-17(5-3-4-10-22)18-12-15(21(24)25)7-9-19(18)23-20/h6-9,11-12,23H,3-5,10,22H2,1-2H3,(H,24,25). The van der Waals surface area contributed by atoms with Crippen LogP contribution < -0.4 is 5.73 Å². The molecule has 0 aliphatic heterocycles. The van der Waals surface area contributed by atoms with E-state index in [1.807, 2.05) is 6.07 Å². The number of aromatic amines is 1. The molecule has 0 aliphatic carbocycles. The van der Waals surface area contributed by atoms with E-state index in [4.69, 9.17) is 5.73 Å². The lowest BCUT2D eigenvalue weighted by molar-refractivity contribution is 0.0697. The first-order valence-corrected chi connectivity index (χ1v) is 8.67. The number of unbranched alkanes of at least 4 members (excludes halogenated alkanes) is 1. The van der Waals surface area contributed by atoms with Crippen molar-refractivity contribution in [3.05, 3.63) is 58.7 Å². The number of carboxylic acids is 1. The Morgan fingerprint density at radius 2 is 1.92 bits per heavy atom. The number of benzene rings is 2. The molecule has 0 bridgehead atoms. The van der Waals surface area contributed by atoms with Gasteiger partial charge in [0.05, 0.1) is 5.56 Å². The Morgan fingerprint density at radius 3 is 2.60 bits per heavy atom. The van der Waals surface area contributed by atoms with Gasteiger partial charge in [0.1, 0.15) is 0 Å². The molecule has 0 fully saturated rings. The van der Waals surface area contributed by atoms with Gasteiger partial charge in [-0.05, 0) is 69.0 Å². The second-order valence-electron chi connectivity index (χ2n) is 6.61. The Morgan fingerprint density at radius 1 is 1.12 bits per heavy atom. The lowest BCUT2D eigenvalue weighted by Crippen LogP contribution is -2.00. The van der Waals surface area contributed by atoms with Crippen LogP contribution in [0.25, 0.3) is 22.2 Å². The molecular weight excluding hydrogens is 312 g/mol. The van der Waals surface area contributed by atoms with E-state index in [0.717, 1.165) is 35.9 Å². The fourth-order valence-corrected chi connectivity index (χ4v) is 3.41. The zero-order valence-electron chi connectivity index (χ0n) is 14.7. The molecule has 0 saturated carbocycles. The molecule has 1 heterocycles. The van der Waals surface area contributed by atoms with E-state index in [1.54, 1.807) is 12.1 Å². The molecule has 0 aliphatic rings. The molecule has 0 atom stereocenters. The van der Waals surface area contributed by atoms with Gasteiger partial charge < -0.3 is 15.8 Å². The lowest BCUT2D eigenvalue weighted by Gasteiger charge is -2.09. The van der Waals surface area contributed by atoms with Crippen LogP contribution in [-0.4, -0.2) is 22.6 Å². The summed E-state index contributed by atoms with van der Waals surface area (Å²) in [4.78, 5) is 14.9. The predicted molar refractivity (Wildman–Crippen MR) is 102 cm³/mol. The number of nitrogens with two attached hydrogens (primary N) is 1. The summed E-state index contributed by atoms with van der Waals surface area (Å²) in [6, 6.07) is 11.7. The predicted octanol–water partition coefficient (Wildman–Crippen LogP) is 4.43. The van der Waals surface area contributed by atoms with Gasteiger partial charge in [0, 0.05) is 22.2 Å². The maximum atomic E-state index is 11.4. The Bertz CT molecular complexity index is 925. The third-order valence-corrected chi connectivity index (χ3v) is 4.69. The van der Waals surface area contributed by atoms with Crippen molar-refractivity contribution in [2.75, 3.05) is 6.54 Å². The monoisotopic (exact) mass is 336 g/mol. The van der Waals surface area contributed by atoms with Gasteiger partial charge in [0.15, 0.2) is 0 Å². The van der Waals surface area contributed by atoms with Crippen molar-refractivity contribution < 1.29 is 9.90 Å². The maximum absolute atomic E-state index is 11.4. The third kappa shape index (κ3) is 3.44. The zero-order chi connectivity index (χ0) is 18.0. The van der Waals surface area contributed by atoms with Crippen molar-refractivity contribution >= 4 is 16.9 Å². The topological polar surface area (TPSA) is 79.1 Å². The third-order valence-electron chi connectivity index (χ3n) is 4.69. The minimum Gasteiger partial charge on any atom is -0.478 e. The van der Waals surface area contributed by atoms with Crippen molar-refractivity contribution in [1.29, 1.82) is 0 Å². The van der Waals surface area contributed by atoms with Crippen molar-refractivity contribution in [2.45, 2.75) is 33.1 Å². The summed E-state index contributed by atoms with van der Waals surface area (Å²) in [5.41, 5.74) is 12.8. The van der Waals surface area contributed by atoms with Gasteiger partial charge >= 0.3 is 5.97 Å². The van der Waals surface area contributed by atoms with E-state index in [1.165, 1.54) is 22.3 Å². The van der Waals surface area contributed by atoms with Crippen molar-refractivity contribution in [3.8, 4) is 11.3 Å². The number of hydrogen-bond acceptors (Lipinski definition) is 2. The van der Waals surface area contributed by atoms with Crippen LogP contribution in [0.1, 0.15) is 39.9 Å². The van der Waals surface area contributed by atoms with E-state index >= 15 is 0 Å². The number of carboxylic acid groups (broad SMARTS) is 1. The Balaban J connectivity index is 2.18. The number of hydrogen-bond donors (Lipinski definition) is 3. The Labute approximate surface area is 147 Å². The molecule has 2 aromatic carbocycles. The first-order chi connectivity index (χ1) is 12.0. The van der Waals surface area contributed by atoms with E-state index in [0.29, 0.717) is 12.1 Å². The number of aromatic nitrogens is 1. The van der Waals surface area contributed by atoms with Gasteiger partial charge in [0.2, 0.25) is 0 Å². The average Bonchev–Trinajstić information content (AvgIpc) is 2.93. The normalized spacial score (nSPS) is 11.2. The van der Waals surface area contributed by atoms with Crippen LogP contribution in [0.15, 0.2) is 36.4 Å². The molecule has 25 heavy (non-hydrogen) atoms. The smallest absolute Gasteiger partial charge is 0.335 e. The van der Waals surface area contributed by atoms with Crippen LogP contribution in [0.3, 0.4) is 0 Å². The van der Waals surface area contributed by atoms with Crippen LogP contribution in [-0.2, 0) is 6.42 Å². The number of aryl methyl sites for hydroxylation is 3. The van der Waals surface area contributed by atoms with Crippen LogP contribution in [0.2, 0.25) is 0 Å². The number of rotatable bonds is 6. The largest absolute Gasteiger partial charge is 0.478 e. The minimum absolute atomic E-state index is 0.318. The van der Waals surface area contributed by atoms with E-state index in [-0.39, 0.29) is 0 Å². The highest BCUT2D eigenvalue weighted by Crippen LogP contribution is 2.34. The molecule has 3 aromatic rings. The van der Waals surface area contributed by atoms with Crippen LogP contribution >= 0.6 is 0 Å². The second-order valence-corrected chi connectivity index (χ2v) is 6.61. The van der Waals surface area contributed by atoms with Gasteiger partial charge in [-0.15, -0.1) is 0 Å². The van der Waals surface area contributed by atoms with Gasteiger partial charge in [-0.1, -0.05) is 23.8 Å². The summed E-state index contributed by atoms with van der Waals surface area (Å²) in [7, 11) is 0. The molecule has 0 unspecified atom stereocenters. The highest BCUT2D eigenvalue weighted by Gasteiger charge is 2.16. The fourth-order valence-electron chi connectivity index (χ4n) is 3.41. The molecule has 0 amide bonds. The molecule has 4 nitrogen and oxygen atoms in total. The summed E-state index contributed by atoms with van der Waals surface area (Å²) in [5.74, 6) is -0.899. The van der Waals surface area contributed by atoms with Crippen molar-refractivity contribution in [1.82, 2.24) is 4.98 Å². The molecule has 0 spiro atoms. The second kappa shape index (κ2) is 7.11. The van der Waals surface area contributed by atoms with Crippen molar-refractivity contribution in [2.24, 2.45) is 5.73 Å².